The molecule has 1 aliphatic rings. The summed E-state index contributed by atoms with van der Waals surface area (Å²) in [5.41, 5.74) is 1.04. The molecule has 7 heteroatoms. The third kappa shape index (κ3) is 4.43. The van der Waals surface area contributed by atoms with Gasteiger partial charge in [0.15, 0.2) is 6.61 Å². The number of ether oxygens (including phenoxy) is 1. The number of carbonyl (C=O) groups is 1. The van der Waals surface area contributed by atoms with E-state index in [9.17, 15) is 9.18 Å². The van der Waals surface area contributed by atoms with Gasteiger partial charge in [-0.05, 0) is 24.3 Å². The second-order valence-corrected chi connectivity index (χ2v) is 7.59. The van der Waals surface area contributed by atoms with Gasteiger partial charge in [-0.15, -0.1) is 11.3 Å². The fourth-order valence-electron chi connectivity index (χ4n) is 3.13. The number of fused-ring (bicyclic) bond motifs is 1. The summed E-state index contributed by atoms with van der Waals surface area (Å²) in [6.45, 7) is 3.68. The van der Waals surface area contributed by atoms with Crippen LogP contribution in [0.25, 0.3) is 10.2 Å². The van der Waals surface area contributed by atoms with E-state index >= 15 is 0 Å². The van der Waals surface area contributed by atoms with Crippen molar-refractivity contribution in [2.75, 3.05) is 32.8 Å². The summed E-state index contributed by atoms with van der Waals surface area (Å²) < 4.78 is 19.8. The molecule has 1 aliphatic heterocycles. The summed E-state index contributed by atoms with van der Waals surface area (Å²) in [6.07, 6.45) is 0. The summed E-state index contributed by atoms with van der Waals surface area (Å²) in [4.78, 5) is 21.1. The number of hydrogen-bond acceptors (Lipinski definition) is 5. The zero-order valence-corrected chi connectivity index (χ0v) is 15.6. The van der Waals surface area contributed by atoms with Crippen molar-refractivity contribution in [3.63, 3.8) is 0 Å². The zero-order valence-electron chi connectivity index (χ0n) is 14.8. The van der Waals surface area contributed by atoms with E-state index in [2.05, 4.69) is 16.0 Å². The molecule has 1 amide bonds. The normalized spacial score (nSPS) is 15.2. The van der Waals surface area contributed by atoms with Crippen molar-refractivity contribution in [3.05, 3.63) is 59.4 Å². The largest absolute Gasteiger partial charge is 0.484 e. The molecule has 140 valence electrons. The predicted molar refractivity (Wildman–Crippen MR) is 103 cm³/mol. The zero-order chi connectivity index (χ0) is 18.6. The summed E-state index contributed by atoms with van der Waals surface area (Å²) in [7, 11) is 0. The molecule has 0 atom stereocenters. The van der Waals surface area contributed by atoms with Gasteiger partial charge in [-0.2, -0.15) is 0 Å². The van der Waals surface area contributed by atoms with Crippen molar-refractivity contribution in [1.82, 2.24) is 14.8 Å². The Labute approximate surface area is 161 Å². The van der Waals surface area contributed by atoms with Crippen LogP contribution in [-0.4, -0.2) is 53.5 Å². The molecule has 1 saturated heterocycles. The Hall–Kier alpha value is -2.51. The van der Waals surface area contributed by atoms with Gasteiger partial charge < -0.3 is 9.64 Å². The minimum Gasteiger partial charge on any atom is -0.484 e. The number of thiazole rings is 1. The van der Waals surface area contributed by atoms with Gasteiger partial charge in [0.05, 0.1) is 16.8 Å². The topological polar surface area (TPSA) is 45.7 Å². The lowest BCUT2D eigenvalue weighted by Gasteiger charge is -2.34. The second-order valence-electron chi connectivity index (χ2n) is 6.48. The van der Waals surface area contributed by atoms with Crippen LogP contribution in [-0.2, 0) is 11.3 Å². The Morgan fingerprint density at radius 1 is 1.11 bits per heavy atom. The Kier molecular flexibility index (Phi) is 5.31. The van der Waals surface area contributed by atoms with Crippen molar-refractivity contribution in [2.45, 2.75) is 6.54 Å². The number of nitrogens with zero attached hydrogens (tertiary/aromatic N) is 3. The first-order valence-corrected chi connectivity index (χ1v) is 9.72. The highest BCUT2D eigenvalue weighted by Crippen LogP contribution is 2.23. The molecule has 2 heterocycles. The van der Waals surface area contributed by atoms with Gasteiger partial charge >= 0.3 is 0 Å². The fourth-order valence-corrected chi connectivity index (χ4v) is 4.14. The van der Waals surface area contributed by atoms with Gasteiger partial charge in [-0.1, -0.05) is 18.2 Å². The molecule has 0 bridgehead atoms. The van der Waals surface area contributed by atoms with Gasteiger partial charge in [0, 0.05) is 32.2 Å². The third-order valence-electron chi connectivity index (χ3n) is 4.58. The number of rotatable bonds is 5. The Morgan fingerprint density at radius 2 is 1.93 bits per heavy atom. The molecular formula is C20H20FN3O2S. The number of carbonyl (C=O) groups excluding carboxylic acids is 1. The number of hydrogen-bond donors (Lipinski definition) is 0. The van der Waals surface area contributed by atoms with Gasteiger partial charge in [-0.3, -0.25) is 9.69 Å². The lowest BCUT2D eigenvalue weighted by molar-refractivity contribution is -0.135. The van der Waals surface area contributed by atoms with Crippen LogP contribution in [0.5, 0.6) is 5.75 Å². The Bertz CT molecular complexity index is 905. The van der Waals surface area contributed by atoms with E-state index in [4.69, 9.17) is 4.74 Å². The Morgan fingerprint density at radius 3 is 2.70 bits per heavy atom. The maximum atomic E-state index is 13.2. The fraction of sp³-hybridized carbons (Fsp3) is 0.300. The molecule has 3 aromatic rings. The van der Waals surface area contributed by atoms with Crippen molar-refractivity contribution in [2.24, 2.45) is 0 Å². The summed E-state index contributed by atoms with van der Waals surface area (Å²) in [5.74, 6) is -0.0693. The van der Waals surface area contributed by atoms with E-state index in [0.29, 0.717) is 18.8 Å². The number of halogens is 1. The average Bonchev–Trinajstić information content (AvgIpc) is 3.09. The second kappa shape index (κ2) is 8.02. The predicted octanol–water partition coefficient (Wildman–Crippen LogP) is 3.16. The molecule has 4 rings (SSSR count). The van der Waals surface area contributed by atoms with Crippen LogP contribution in [0.3, 0.4) is 0 Å². The minimum atomic E-state index is -0.372. The summed E-state index contributed by atoms with van der Waals surface area (Å²) in [6, 6.07) is 14.0. The molecule has 1 aromatic heterocycles. The average molecular weight is 385 g/mol. The van der Waals surface area contributed by atoms with Crippen molar-refractivity contribution < 1.29 is 13.9 Å². The maximum absolute atomic E-state index is 13.2. The highest BCUT2D eigenvalue weighted by Gasteiger charge is 2.22. The SMILES string of the molecule is O=C(COc1cccc(F)c1)N1CCN(Cc2nc3ccccc3s2)CC1. The quantitative estimate of drug-likeness (QED) is 0.677. The van der Waals surface area contributed by atoms with Crippen LogP contribution in [0.4, 0.5) is 4.39 Å². The molecular weight excluding hydrogens is 365 g/mol. The molecule has 0 unspecified atom stereocenters. The first-order valence-electron chi connectivity index (χ1n) is 8.90. The summed E-state index contributed by atoms with van der Waals surface area (Å²) >= 11 is 1.72. The van der Waals surface area contributed by atoms with Gasteiger partial charge in [0.25, 0.3) is 5.91 Å². The molecule has 0 spiro atoms. The number of amides is 1. The van der Waals surface area contributed by atoms with Gasteiger partial charge in [-0.25, -0.2) is 9.37 Å². The molecule has 5 nitrogen and oxygen atoms in total. The lowest BCUT2D eigenvalue weighted by Crippen LogP contribution is -2.49. The van der Waals surface area contributed by atoms with Crippen molar-refractivity contribution >= 4 is 27.5 Å². The van der Waals surface area contributed by atoms with E-state index in [1.165, 1.54) is 16.8 Å². The molecule has 27 heavy (non-hydrogen) atoms. The monoisotopic (exact) mass is 385 g/mol. The Balaban J connectivity index is 1.26. The minimum absolute atomic E-state index is 0.0681. The third-order valence-corrected chi connectivity index (χ3v) is 5.60. The number of para-hydroxylation sites is 1. The van der Waals surface area contributed by atoms with E-state index in [1.807, 2.05) is 18.2 Å². The molecule has 1 fully saturated rings. The van der Waals surface area contributed by atoms with E-state index in [0.717, 1.165) is 30.2 Å². The first-order chi connectivity index (χ1) is 13.2. The van der Waals surface area contributed by atoms with Crippen molar-refractivity contribution in [3.8, 4) is 5.75 Å². The van der Waals surface area contributed by atoms with Crippen molar-refractivity contribution in [1.29, 1.82) is 0 Å². The number of piperazine rings is 1. The molecule has 0 aliphatic carbocycles. The van der Waals surface area contributed by atoms with E-state index in [-0.39, 0.29) is 18.3 Å². The highest BCUT2D eigenvalue weighted by molar-refractivity contribution is 7.18. The van der Waals surface area contributed by atoms with Crippen LogP contribution in [0, 0.1) is 5.82 Å². The van der Waals surface area contributed by atoms with Gasteiger partial charge in [0.2, 0.25) is 0 Å². The summed E-state index contributed by atoms with van der Waals surface area (Å²) in [5, 5.41) is 1.10. The molecule has 0 saturated carbocycles. The van der Waals surface area contributed by atoms with E-state index < -0.39 is 0 Å². The smallest absolute Gasteiger partial charge is 0.260 e. The molecule has 2 aromatic carbocycles. The van der Waals surface area contributed by atoms with Crippen LogP contribution in [0.15, 0.2) is 48.5 Å². The van der Waals surface area contributed by atoms with Crippen LogP contribution in [0.1, 0.15) is 5.01 Å². The van der Waals surface area contributed by atoms with Crippen LogP contribution >= 0.6 is 11.3 Å². The number of benzene rings is 2. The van der Waals surface area contributed by atoms with Crippen LogP contribution in [0.2, 0.25) is 0 Å². The van der Waals surface area contributed by atoms with E-state index in [1.54, 1.807) is 28.4 Å². The van der Waals surface area contributed by atoms with Crippen LogP contribution < -0.4 is 4.74 Å². The highest BCUT2D eigenvalue weighted by atomic mass is 32.1. The number of aromatic nitrogens is 1. The first kappa shape index (κ1) is 17.9. The lowest BCUT2D eigenvalue weighted by atomic mass is 10.3. The maximum Gasteiger partial charge on any atom is 0.260 e. The molecule has 0 radical (unpaired) electrons. The van der Waals surface area contributed by atoms with Gasteiger partial charge in [0.1, 0.15) is 16.6 Å². The molecule has 0 N–H and O–H groups in total. The standard InChI is InChI=1S/C20H20FN3O2S/c21-15-4-3-5-16(12-15)26-14-20(25)24-10-8-23(9-11-24)13-19-22-17-6-1-2-7-18(17)27-19/h1-7,12H,8-11,13-14H2.